The molecule has 0 radical (unpaired) electrons. The molecule has 1 atom stereocenters. The molecule has 0 N–H and O–H groups in total. The molecule has 5 nitrogen and oxygen atoms in total. The summed E-state index contributed by atoms with van der Waals surface area (Å²) in [7, 11) is 3.43. The maximum absolute atomic E-state index is 12.0. The average Bonchev–Trinajstić information content (AvgIpc) is 3.22. The maximum atomic E-state index is 12.0. The number of halogens is 1. The van der Waals surface area contributed by atoms with E-state index in [1.165, 1.54) is 55.4 Å². The highest BCUT2D eigenvalue weighted by atomic mass is 79.9. The fraction of sp³-hybridized carbons (Fsp3) is 0.720. The number of amides is 1. The fourth-order valence-corrected chi connectivity index (χ4v) is 5.73. The Morgan fingerprint density at radius 2 is 1.94 bits per heavy atom. The molecule has 0 aromatic heterocycles. The average molecular weight is 496 g/mol. The molecule has 1 heterocycles. The van der Waals surface area contributed by atoms with Crippen LogP contribution >= 0.6 is 15.9 Å². The maximum Gasteiger partial charge on any atom is 0.219 e. The third kappa shape index (κ3) is 7.19. The van der Waals surface area contributed by atoms with Crippen LogP contribution in [-0.4, -0.2) is 68.8 Å². The molecule has 1 amide bonds. The summed E-state index contributed by atoms with van der Waals surface area (Å²) in [6.45, 7) is 6.67. The van der Waals surface area contributed by atoms with Crippen LogP contribution in [0.2, 0.25) is 0 Å². The number of benzene rings is 1. The second-order valence-electron chi connectivity index (χ2n) is 9.29. The van der Waals surface area contributed by atoms with Gasteiger partial charge in [0.2, 0.25) is 5.91 Å². The molecule has 0 bridgehead atoms. The number of carbonyl (C=O) groups is 1. The molecule has 1 aromatic rings. The van der Waals surface area contributed by atoms with E-state index in [1.807, 2.05) is 11.0 Å². The SMILES string of the molecule is COCCN(C(C)=O)C1CCC(CCN2CCC(Cc3cc(OC)ccc3Br)C2)CC1. The molecule has 1 aliphatic heterocycles. The van der Waals surface area contributed by atoms with E-state index in [9.17, 15) is 4.79 Å². The number of hydrogen-bond acceptors (Lipinski definition) is 4. The minimum atomic E-state index is 0.186. The molecule has 3 rings (SSSR count). The molecule has 2 aliphatic rings. The highest BCUT2D eigenvalue weighted by molar-refractivity contribution is 9.10. The number of methoxy groups -OCH3 is 2. The molecule has 2 fully saturated rings. The summed E-state index contributed by atoms with van der Waals surface area (Å²) >= 11 is 3.70. The van der Waals surface area contributed by atoms with E-state index in [0.29, 0.717) is 12.6 Å². The highest BCUT2D eigenvalue weighted by Crippen LogP contribution is 2.32. The van der Waals surface area contributed by atoms with Crippen LogP contribution in [0.15, 0.2) is 22.7 Å². The smallest absolute Gasteiger partial charge is 0.219 e. The Bertz CT molecular complexity index is 706. The van der Waals surface area contributed by atoms with Crippen molar-refractivity contribution in [1.82, 2.24) is 9.80 Å². The van der Waals surface area contributed by atoms with Crippen LogP contribution in [-0.2, 0) is 16.0 Å². The first-order valence-corrected chi connectivity index (χ1v) is 12.6. The zero-order valence-corrected chi connectivity index (χ0v) is 21.0. The Morgan fingerprint density at radius 3 is 2.61 bits per heavy atom. The summed E-state index contributed by atoms with van der Waals surface area (Å²) in [6, 6.07) is 6.68. The summed E-state index contributed by atoms with van der Waals surface area (Å²) in [5, 5.41) is 0. The first-order chi connectivity index (χ1) is 15.0. The lowest BCUT2D eigenvalue weighted by Crippen LogP contribution is -2.43. The Balaban J connectivity index is 1.39. The molecular weight excluding hydrogens is 456 g/mol. The molecular formula is C25H39BrN2O3. The van der Waals surface area contributed by atoms with E-state index >= 15 is 0 Å². The first-order valence-electron chi connectivity index (χ1n) is 11.8. The normalized spacial score (nSPS) is 24.3. The standard InChI is InChI=1S/C25H39BrN2O3/c1-19(29)28(14-15-30-2)23-6-4-20(5-7-23)10-12-27-13-11-21(18-27)16-22-17-24(31-3)8-9-25(22)26/h8-9,17,20-21,23H,4-7,10-16,18H2,1-3H3. The Kier molecular flexibility index (Phi) is 9.67. The van der Waals surface area contributed by atoms with E-state index in [0.717, 1.165) is 43.4 Å². The van der Waals surface area contributed by atoms with Crippen molar-refractivity contribution >= 4 is 21.8 Å². The quantitative estimate of drug-likeness (QED) is 0.469. The Hall–Kier alpha value is -1.11. The van der Waals surface area contributed by atoms with Crippen molar-refractivity contribution in [3.8, 4) is 5.75 Å². The first kappa shape index (κ1) is 24.5. The van der Waals surface area contributed by atoms with Crippen molar-refractivity contribution in [1.29, 1.82) is 0 Å². The predicted octanol–water partition coefficient (Wildman–Crippen LogP) is 4.77. The third-order valence-electron chi connectivity index (χ3n) is 7.18. The summed E-state index contributed by atoms with van der Waals surface area (Å²) in [4.78, 5) is 16.7. The van der Waals surface area contributed by atoms with Gasteiger partial charge in [-0.1, -0.05) is 15.9 Å². The van der Waals surface area contributed by atoms with Crippen molar-refractivity contribution < 1.29 is 14.3 Å². The van der Waals surface area contributed by atoms with Crippen LogP contribution < -0.4 is 4.74 Å². The van der Waals surface area contributed by atoms with Crippen LogP contribution in [0.1, 0.15) is 51.0 Å². The number of carbonyl (C=O) groups excluding carboxylic acids is 1. The number of rotatable bonds is 10. The van der Waals surface area contributed by atoms with Gasteiger partial charge in [-0.05, 0) is 93.6 Å². The minimum Gasteiger partial charge on any atom is -0.497 e. The lowest BCUT2D eigenvalue weighted by molar-refractivity contribution is -0.132. The van der Waals surface area contributed by atoms with Gasteiger partial charge in [-0.15, -0.1) is 0 Å². The van der Waals surface area contributed by atoms with E-state index < -0.39 is 0 Å². The van der Waals surface area contributed by atoms with Crippen LogP contribution in [0.3, 0.4) is 0 Å². The monoisotopic (exact) mass is 494 g/mol. The summed E-state index contributed by atoms with van der Waals surface area (Å²) in [5.41, 5.74) is 1.35. The molecule has 1 saturated carbocycles. The third-order valence-corrected chi connectivity index (χ3v) is 7.96. The molecule has 174 valence electrons. The molecule has 1 unspecified atom stereocenters. The zero-order valence-electron chi connectivity index (χ0n) is 19.4. The zero-order chi connectivity index (χ0) is 22.2. The van der Waals surface area contributed by atoms with Gasteiger partial charge in [0, 0.05) is 37.6 Å². The van der Waals surface area contributed by atoms with Gasteiger partial charge in [-0.25, -0.2) is 0 Å². The van der Waals surface area contributed by atoms with Gasteiger partial charge >= 0.3 is 0 Å². The molecule has 6 heteroatoms. The van der Waals surface area contributed by atoms with Crippen molar-refractivity contribution in [3.63, 3.8) is 0 Å². The van der Waals surface area contributed by atoms with Crippen LogP contribution in [0.5, 0.6) is 5.75 Å². The number of likely N-dealkylation sites (tertiary alicyclic amines) is 1. The van der Waals surface area contributed by atoms with Crippen molar-refractivity contribution in [2.45, 2.75) is 57.9 Å². The van der Waals surface area contributed by atoms with E-state index in [1.54, 1.807) is 21.1 Å². The number of hydrogen-bond donors (Lipinski definition) is 0. The number of nitrogens with zero attached hydrogens (tertiary/aromatic N) is 2. The second kappa shape index (κ2) is 12.2. The Morgan fingerprint density at radius 1 is 1.16 bits per heavy atom. The van der Waals surface area contributed by atoms with Gasteiger partial charge in [-0.3, -0.25) is 4.79 Å². The van der Waals surface area contributed by atoms with Gasteiger partial charge in [0.15, 0.2) is 0 Å². The highest BCUT2D eigenvalue weighted by Gasteiger charge is 2.28. The van der Waals surface area contributed by atoms with Crippen molar-refractivity contribution in [2.24, 2.45) is 11.8 Å². The summed E-state index contributed by atoms with van der Waals surface area (Å²) < 4.78 is 11.8. The van der Waals surface area contributed by atoms with Gasteiger partial charge in [0.05, 0.1) is 13.7 Å². The van der Waals surface area contributed by atoms with Crippen LogP contribution in [0, 0.1) is 11.8 Å². The second-order valence-corrected chi connectivity index (χ2v) is 10.1. The van der Waals surface area contributed by atoms with Gasteiger partial charge in [-0.2, -0.15) is 0 Å². The van der Waals surface area contributed by atoms with Crippen LogP contribution in [0.4, 0.5) is 0 Å². The van der Waals surface area contributed by atoms with E-state index in [2.05, 4.69) is 33.0 Å². The lowest BCUT2D eigenvalue weighted by Gasteiger charge is -2.36. The minimum absolute atomic E-state index is 0.186. The van der Waals surface area contributed by atoms with Gasteiger partial charge in [0.25, 0.3) is 0 Å². The molecule has 1 aromatic carbocycles. The van der Waals surface area contributed by atoms with Crippen molar-refractivity contribution in [3.05, 3.63) is 28.2 Å². The topological polar surface area (TPSA) is 42.0 Å². The molecule has 0 spiro atoms. The Labute approximate surface area is 196 Å². The van der Waals surface area contributed by atoms with Crippen LogP contribution in [0.25, 0.3) is 0 Å². The summed E-state index contributed by atoms with van der Waals surface area (Å²) in [6.07, 6.45) is 8.46. The van der Waals surface area contributed by atoms with Gasteiger partial charge < -0.3 is 19.3 Å². The number of ether oxygens (including phenoxy) is 2. The summed E-state index contributed by atoms with van der Waals surface area (Å²) in [5.74, 6) is 2.66. The van der Waals surface area contributed by atoms with Crippen molar-refractivity contribution in [2.75, 3.05) is 47.0 Å². The largest absolute Gasteiger partial charge is 0.497 e. The lowest BCUT2D eigenvalue weighted by atomic mass is 9.83. The fourth-order valence-electron chi connectivity index (χ4n) is 5.33. The molecule has 1 saturated heterocycles. The van der Waals surface area contributed by atoms with Gasteiger partial charge in [0.1, 0.15) is 5.75 Å². The predicted molar refractivity (Wildman–Crippen MR) is 129 cm³/mol. The molecule has 1 aliphatic carbocycles. The molecule has 31 heavy (non-hydrogen) atoms. The van der Waals surface area contributed by atoms with E-state index in [-0.39, 0.29) is 5.91 Å². The van der Waals surface area contributed by atoms with E-state index in [4.69, 9.17) is 9.47 Å².